The molecule has 36 heavy (non-hydrogen) atoms. The monoisotopic (exact) mass is 494 g/mol. The van der Waals surface area contributed by atoms with E-state index in [9.17, 15) is 4.79 Å². The van der Waals surface area contributed by atoms with E-state index in [0.717, 1.165) is 78.3 Å². The van der Waals surface area contributed by atoms with Crippen molar-refractivity contribution >= 4 is 17.2 Å². The first kappa shape index (κ1) is 22.5. The Hall–Kier alpha value is -2.65. The number of fused-ring (bicyclic) bond motifs is 2. The Bertz CT molecular complexity index is 1230. The molecule has 0 radical (unpaired) electrons. The third kappa shape index (κ3) is 3.05. The number of ketones is 1. The quantitative estimate of drug-likeness (QED) is 0.522. The van der Waals surface area contributed by atoms with Crippen LogP contribution in [0.25, 0.3) is 11.1 Å². The Balaban J connectivity index is 1.59. The molecular weight excluding hydrogens is 460 g/mol. The molecule has 0 aromatic heterocycles. The minimum atomic E-state index is 0.0123. The van der Waals surface area contributed by atoms with Crippen LogP contribution < -0.4 is 23.2 Å². The Kier molecular flexibility index (Phi) is 5.29. The molecule has 6 bridgehead atoms. The van der Waals surface area contributed by atoms with Gasteiger partial charge in [0.15, 0.2) is 17.3 Å². The summed E-state index contributed by atoms with van der Waals surface area (Å²) in [6.45, 7) is 11.5. The molecule has 8 nitrogen and oxygen atoms in total. The van der Waals surface area contributed by atoms with Crippen LogP contribution in [0.4, 0.5) is 11.4 Å². The SMILES string of the molecule is CCCOc1c2c3c4c(c1[N+]1(CCOCC1)CCO4)OCC[N+]1(CCOCC1)c1cccc(c1-2)C3=O. The first-order chi connectivity index (χ1) is 17.7. The highest BCUT2D eigenvalue weighted by molar-refractivity contribution is 6.27. The van der Waals surface area contributed by atoms with Crippen molar-refractivity contribution in [3.05, 3.63) is 29.3 Å². The second-order valence-corrected chi connectivity index (χ2v) is 10.5. The number of hydrogen-bond acceptors (Lipinski definition) is 6. The minimum Gasteiger partial charge on any atom is -0.487 e. The summed E-state index contributed by atoms with van der Waals surface area (Å²) in [7, 11) is 0. The predicted octanol–water partition coefficient (Wildman–Crippen LogP) is 3.15. The van der Waals surface area contributed by atoms with E-state index in [1.165, 1.54) is 5.69 Å². The third-order valence-corrected chi connectivity index (χ3v) is 8.73. The minimum absolute atomic E-state index is 0.0123. The van der Waals surface area contributed by atoms with E-state index in [1.54, 1.807) is 0 Å². The molecule has 0 amide bonds. The summed E-state index contributed by atoms with van der Waals surface area (Å²) >= 11 is 0. The van der Waals surface area contributed by atoms with Crippen molar-refractivity contribution in [2.45, 2.75) is 13.3 Å². The topological polar surface area (TPSA) is 63.2 Å². The Morgan fingerprint density at radius 3 is 2.14 bits per heavy atom. The van der Waals surface area contributed by atoms with Crippen molar-refractivity contribution in [3.63, 3.8) is 0 Å². The van der Waals surface area contributed by atoms with Crippen molar-refractivity contribution in [3.8, 4) is 28.4 Å². The molecule has 8 heteroatoms. The van der Waals surface area contributed by atoms with Crippen molar-refractivity contribution in [2.75, 3.05) is 85.5 Å². The van der Waals surface area contributed by atoms with Crippen LogP contribution in [0.1, 0.15) is 29.3 Å². The number of benzene rings is 2. The molecule has 0 saturated carbocycles. The van der Waals surface area contributed by atoms with Crippen LogP contribution in [-0.2, 0) is 9.47 Å². The van der Waals surface area contributed by atoms with Gasteiger partial charge in [-0.3, -0.25) is 13.8 Å². The Labute approximate surface area is 211 Å². The molecule has 7 rings (SSSR count). The summed E-state index contributed by atoms with van der Waals surface area (Å²) in [5.41, 5.74) is 5.52. The zero-order valence-electron chi connectivity index (χ0n) is 21.0. The summed E-state index contributed by atoms with van der Waals surface area (Å²) in [5.74, 6) is 2.13. The molecule has 5 aliphatic rings. The summed E-state index contributed by atoms with van der Waals surface area (Å²) in [4.78, 5) is 14.1. The van der Waals surface area contributed by atoms with Gasteiger partial charge < -0.3 is 23.7 Å². The maximum absolute atomic E-state index is 14.1. The lowest BCUT2D eigenvalue weighted by Crippen LogP contribution is -2.59. The van der Waals surface area contributed by atoms with Crippen molar-refractivity contribution in [2.24, 2.45) is 0 Å². The molecule has 2 spiro atoms. The average Bonchev–Trinajstić information content (AvgIpc) is 3.15. The average molecular weight is 495 g/mol. The molecule has 2 fully saturated rings. The molecule has 4 aliphatic heterocycles. The zero-order valence-corrected chi connectivity index (χ0v) is 21.0. The fourth-order valence-corrected chi connectivity index (χ4v) is 6.87. The molecule has 2 saturated heterocycles. The molecule has 2 aromatic carbocycles. The standard InChI is InChI=1S/C28H34N2O6/c1-2-12-34-26-22-21-19-4-3-5-20(21)29(6-13-32-14-7-29)10-17-36-28-24(26)30(8-15-33-16-9-30)11-18-35-27(28)23(22)25(19)31/h3-5H,2,6-18H2,1H3/q+2. The number of carbonyl (C=O) groups is 1. The van der Waals surface area contributed by atoms with Crippen LogP contribution in [0, 0.1) is 0 Å². The number of morpholine rings is 2. The Morgan fingerprint density at radius 1 is 0.778 bits per heavy atom. The van der Waals surface area contributed by atoms with Gasteiger partial charge in [-0.1, -0.05) is 13.0 Å². The molecule has 0 atom stereocenters. The van der Waals surface area contributed by atoms with Gasteiger partial charge in [-0.25, -0.2) is 0 Å². The summed E-state index contributed by atoms with van der Waals surface area (Å²) in [5, 5.41) is 0. The first-order valence-electron chi connectivity index (χ1n) is 13.4. The van der Waals surface area contributed by atoms with E-state index >= 15 is 0 Å². The first-order valence-corrected chi connectivity index (χ1v) is 13.4. The van der Waals surface area contributed by atoms with Gasteiger partial charge >= 0.3 is 0 Å². The maximum atomic E-state index is 14.1. The summed E-state index contributed by atoms with van der Waals surface area (Å²) in [6.07, 6.45) is 0.881. The third-order valence-electron chi connectivity index (χ3n) is 8.73. The van der Waals surface area contributed by atoms with Crippen LogP contribution in [-0.4, -0.2) is 91.3 Å². The fourth-order valence-electron chi connectivity index (χ4n) is 6.87. The zero-order chi connectivity index (χ0) is 24.3. The number of nitrogens with zero attached hydrogens (tertiary/aromatic N) is 2. The number of ether oxygens (including phenoxy) is 5. The van der Waals surface area contributed by atoms with Gasteiger partial charge in [-0.2, -0.15) is 0 Å². The number of carbonyl (C=O) groups excluding carboxylic acids is 1. The molecular formula is C28H34N2O6+2. The van der Waals surface area contributed by atoms with E-state index in [0.29, 0.717) is 67.8 Å². The lowest BCUT2D eigenvalue weighted by atomic mass is 9.96. The van der Waals surface area contributed by atoms with Crippen LogP contribution >= 0.6 is 0 Å². The highest BCUT2D eigenvalue weighted by atomic mass is 16.5. The lowest BCUT2D eigenvalue weighted by Gasteiger charge is -2.43. The Morgan fingerprint density at radius 2 is 1.42 bits per heavy atom. The highest BCUT2D eigenvalue weighted by Crippen LogP contribution is 2.62. The van der Waals surface area contributed by atoms with Crippen LogP contribution in [0.5, 0.6) is 17.2 Å². The molecule has 4 heterocycles. The van der Waals surface area contributed by atoms with E-state index in [4.69, 9.17) is 23.7 Å². The van der Waals surface area contributed by atoms with Crippen LogP contribution in [0.3, 0.4) is 0 Å². The van der Waals surface area contributed by atoms with Crippen molar-refractivity contribution in [1.29, 1.82) is 0 Å². The van der Waals surface area contributed by atoms with Crippen LogP contribution in [0.2, 0.25) is 0 Å². The van der Waals surface area contributed by atoms with Gasteiger partial charge in [0.05, 0.1) is 49.7 Å². The smallest absolute Gasteiger partial charge is 0.228 e. The van der Waals surface area contributed by atoms with Crippen molar-refractivity contribution < 1.29 is 28.5 Å². The number of hydrogen-bond donors (Lipinski definition) is 0. The fraction of sp³-hybridized carbons (Fsp3) is 0.536. The molecule has 2 aromatic rings. The normalized spacial score (nSPS) is 22.8. The lowest BCUT2D eigenvalue weighted by molar-refractivity contribution is 0.0328. The van der Waals surface area contributed by atoms with Gasteiger partial charge in [0.25, 0.3) is 0 Å². The van der Waals surface area contributed by atoms with Crippen LogP contribution in [0.15, 0.2) is 18.2 Å². The van der Waals surface area contributed by atoms with Gasteiger partial charge in [-0.05, 0) is 18.6 Å². The van der Waals surface area contributed by atoms with E-state index in [2.05, 4.69) is 13.0 Å². The van der Waals surface area contributed by atoms with E-state index in [-0.39, 0.29) is 5.78 Å². The molecule has 1 aliphatic carbocycles. The summed E-state index contributed by atoms with van der Waals surface area (Å²) in [6, 6.07) is 6.20. The van der Waals surface area contributed by atoms with Gasteiger partial charge in [0.2, 0.25) is 11.4 Å². The van der Waals surface area contributed by atoms with E-state index < -0.39 is 0 Å². The van der Waals surface area contributed by atoms with Crippen molar-refractivity contribution in [1.82, 2.24) is 8.97 Å². The van der Waals surface area contributed by atoms with Gasteiger partial charge in [-0.15, -0.1) is 0 Å². The van der Waals surface area contributed by atoms with Gasteiger partial charge in [0, 0.05) is 5.56 Å². The number of rotatable bonds is 3. The maximum Gasteiger partial charge on any atom is 0.228 e. The largest absolute Gasteiger partial charge is 0.487 e. The number of quaternary nitrogens is 2. The predicted molar refractivity (Wildman–Crippen MR) is 137 cm³/mol. The van der Waals surface area contributed by atoms with Gasteiger partial charge in [0.1, 0.15) is 58.2 Å². The van der Waals surface area contributed by atoms with E-state index in [1.807, 2.05) is 12.1 Å². The molecule has 0 unspecified atom stereocenters. The highest BCUT2D eigenvalue weighted by Gasteiger charge is 2.51. The second-order valence-electron chi connectivity index (χ2n) is 10.5. The molecule has 190 valence electrons. The molecule has 0 N–H and O–H groups in total. The second kappa shape index (κ2) is 8.45. The summed E-state index contributed by atoms with van der Waals surface area (Å²) < 4.78 is 32.8.